The number of nitrogens with one attached hydrogen (secondary N) is 1. The average Bonchev–Trinajstić information content (AvgIpc) is 3.31. The third-order valence-corrected chi connectivity index (χ3v) is 4.69. The lowest BCUT2D eigenvalue weighted by Gasteiger charge is -2.33. The topological polar surface area (TPSA) is 41.6 Å². The second-order valence-corrected chi connectivity index (χ2v) is 6.33. The van der Waals surface area contributed by atoms with Gasteiger partial charge in [-0.15, -0.1) is 0 Å². The van der Waals surface area contributed by atoms with Crippen LogP contribution in [0.4, 0.5) is 0 Å². The minimum Gasteiger partial charge on any atom is -0.381 e. The van der Waals surface area contributed by atoms with E-state index in [9.17, 15) is 4.79 Å². The second-order valence-electron chi connectivity index (χ2n) is 6.33. The standard InChI is InChI=1S/C15H26N2O2/c18-15(13-2-1-9-19-11-13)17(14-3-4-14)10-12-5-7-16-8-6-12/h12-14,16H,1-11H2. The largest absolute Gasteiger partial charge is 0.381 e. The molecule has 2 heterocycles. The zero-order valence-corrected chi connectivity index (χ0v) is 11.8. The smallest absolute Gasteiger partial charge is 0.228 e. The van der Waals surface area contributed by atoms with E-state index in [-0.39, 0.29) is 5.92 Å². The molecule has 3 rings (SSSR count). The van der Waals surface area contributed by atoms with Crippen molar-refractivity contribution >= 4 is 5.91 Å². The summed E-state index contributed by atoms with van der Waals surface area (Å²) < 4.78 is 5.49. The lowest BCUT2D eigenvalue weighted by molar-refractivity contribution is -0.141. The molecule has 4 nitrogen and oxygen atoms in total. The van der Waals surface area contributed by atoms with E-state index < -0.39 is 0 Å². The summed E-state index contributed by atoms with van der Waals surface area (Å²) in [5.74, 6) is 1.21. The Morgan fingerprint density at radius 1 is 1.16 bits per heavy atom. The highest BCUT2D eigenvalue weighted by atomic mass is 16.5. The molecule has 3 aliphatic rings. The summed E-state index contributed by atoms with van der Waals surface area (Å²) in [7, 11) is 0. The zero-order chi connectivity index (χ0) is 13.1. The molecule has 1 atom stereocenters. The molecule has 4 heteroatoms. The number of piperidine rings is 1. The maximum absolute atomic E-state index is 12.7. The summed E-state index contributed by atoms with van der Waals surface area (Å²) in [6.07, 6.45) is 6.93. The van der Waals surface area contributed by atoms with Crippen LogP contribution in [-0.2, 0) is 9.53 Å². The molecule has 0 spiro atoms. The maximum atomic E-state index is 12.7. The van der Waals surface area contributed by atoms with Crippen LogP contribution in [-0.4, -0.2) is 49.7 Å². The van der Waals surface area contributed by atoms with Crippen molar-refractivity contribution in [1.82, 2.24) is 10.2 Å². The fraction of sp³-hybridized carbons (Fsp3) is 0.933. The van der Waals surface area contributed by atoms with E-state index in [4.69, 9.17) is 4.74 Å². The van der Waals surface area contributed by atoms with Crippen molar-refractivity contribution in [2.24, 2.45) is 11.8 Å². The van der Waals surface area contributed by atoms with Gasteiger partial charge in [-0.05, 0) is 57.5 Å². The van der Waals surface area contributed by atoms with Gasteiger partial charge in [0.2, 0.25) is 5.91 Å². The SMILES string of the molecule is O=C(C1CCCOC1)N(CC1CCNCC1)C1CC1. The van der Waals surface area contributed by atoms with Crippen LogP contribution < -0.4 is 5.32 Å². The fourth-order valence-corrected chi connectivity index (χ4v) is 3.32. The molecular formula is C15H26N2O2. The molecule has 1 aliphatic carbocycles. The number of carbonyl (C=O) groups is 1. The molecule has 2 aliphatic heterocycles. The molecule has 0 bridgehead atoms. The fourth-order valence-electron chi connectivity index (χ4n) is 3.32. The Balaban J connectivity index is 1.57. The number of carbonyl (C=O) groups excluding carboxylic acids is 1. The van der Waals surface area contributed by atoms with E-state index in [0.29, 0.717) is 24.5 Å². The quantitative estimate of drug-likeness (QED) is 0.836. The molecule has 19 heavy (non-hydrogen) atoms. The summed E-state index contributed by atoms with van der Waals surface area (Å²) in [6, 6.07) is 0.546. The van der Waals surface area contributed by atoms with E-state index in [0.717, 1.165) is 39.1 Å². The first-order chi connectivity index (χ1) is 9.34. The first-order valence-electron chi connectivity index (χ1n) is 7.93. The Morgan fingerprint density at radius 3 is 2.58 bits per heavy atom. The molecule has 0 aromatic heterocycles. The number of hydrogen-bond acceptors (Lipinski definition) is 3. The monoisotopic (exact) mass is 266 g/mol. The van der Waals surface area contributed by atoms with E-state index in [1.165, 1.54) is 25.7 Å². The minimum atomic E-state index is 0.135. The van der Waals surface area contributed by atoms with Crippen LogP contribution in [0.5, 0.6) is 0 Å². The Hall–Kier alpha value is -0.610. The number of nitrogens with zero attached hydrogens (tertiary/aromatic N) is 1. The molecule has 0 radical (unpaired) electrons. The average molecular weight is 266 g/mol. The summed E-state index contributed by atoms with van der Waals surface area (Å²) >= 11 is 0. The van der Waals surface area contributed by atoms with Crippen molar-refractivity contribution in [3.8, 4) is 0 Å². The molecule has 1 unspecified atom stereocenters. The molecular weight excluding hydrogens is 240 g/mol. The van der Waals surface area contributed by atoms with Crippen molar-refractivity contribution in [3.63, 3.8) is 0 Å². The van der Waals surface area contributed by atoms with Crippen LogP contribution in [0, 0.1) is 11.8 Å². The van der Waals surface area contributed by atoms with Crippen LogP contribution in [0.1, 0.15) is 38.5 Å². The van der Waals surface area contributed by atoms with Crippen molar-refractivity contribution in [2.75, 3.05) is 32.8 Å². The van der Waals surface area contributed by atoms with E-state index in [1.54, 1.807) is 0 Å². The molecule has 0 aromatic rings. The van der Waals surface area contributed by atoms with Crippen LogP contribution in [0.2, 0.25) is 0 Å². The van der Waals surface area contributed by atoms with Gasteiger partial charge in [0.25, 0.3) is 0 Å². The number of amides is 1. The lowest BCUT2D eigenvalue weighted by atomic mass is 9.95. The van der Waals surface area contributed by atoms with Crippen molar-refractivity contribution in [3.05, 3.63) is 0 Å². The van der Waals surface area contributed by atoms with E-state index in [2.05, 4.69) is 10.2 Å². The number of hydrogen-bond donors (Lipinski definition) is 1. The number of rotatable bonds is 4. The van der Waals surface area contributed by atoms with Crippen molar-refractivity contribution in [2.45, 2.75) is 44.6 Å². The van der Waals surface area contributed by atoms with Gasteiger partial charge in [-0.2, -0.15) is 0 Å². The van der Waals surface area contributed by atoms with Crippen LogP contribution in [0.25, 0.3) is 0 Å². The molecule has 1 amide bonds. The van der Waals surface area contributed by atoms with Crippen LogP contribution in [0.15, 0.2) is 0 Å². The lowest BCUT2D eigenvalue weighted by Crippen LogP contribution is -2.44. The molecule has 3 fully saturated rings. The Bertz CT molecular complexity index is 305. The van der Waals surface area contributed by atoms with Gasteiger partial charge in [0.1, 0.15) is 0 Å². The second kappa shape index (κ2) is 6.23. The van der Waals surface area contributed by atoms with Gasteiger partial charge >= 0.3 is 0 Å². The van der Waals surface area contributed by atoms with E-state index in [1.807, 2.05) is 0 Å². The van der Waals surface area contributed by atoms with E-state index >= 15 is 0 Å². The highest BCUT2D eigenvalue weighted by molar-refractivity contribution is 5.79. The van der Waals surface area contributed by atoms with Gasteiger partial charge in [0, 0.05) is 19.2 Å². The third kappa shape index (κ3) is 3.48. The highest BCUT2D eigenvalue weighted by Gasteiger charge is 2.37. The van der Waals surface area contributed by atoms with Gasteiger partial charge < -0.3 is 15.0 Å². The van der Waals surface area contributed by atoms with Gasteiger partial charge in [-0.3, -0.25) is 4.79 Å². The van der Waals surface area contributed by atoms with Gasteiger partial charge in [-0.1, -0.05) is 0 Å². The van der Waals surface area contributed by atoms with Crippen molar-refractivity contribution in [1.29, 1.82) is 0 Å². The summed E-state index contributed by atoms with van der Waals surface area (Å²) in [4.78, 5) is 14.9. The predicted molar refractivity (Wildman–Crippen MR) is 73.9 cm³/mol. The molecule has 1 N–H and O–H groups in total. The highest BCUT2D eigenvalue weighted by Crippen LogP contribution is 2.31. The molecule has 1 saturated carbocycles. The number of ether oxygens (including phenoxy) is 1. The Labute approximate surface area is 115 Å². The first-order valence-corrected chi connectivity index (χ1v) is 7.93. The first kappa shape index (κ1) is 13.4. The summed E-state index contributed by atoms with van der Waals surface area (Å²) in [5.41, 5.74) is 0. The van der Waals surface area contributed by atoms with Crippen LogP contribution >= 0.6 is 0 Å². The van der Waals surface area contributed by atoms with Crippen LogP contribution in [0.3, 0.4) is 0 Å². The Kier molecular flexibility index (Phi) is 4.38. The minimum absolute atomic E-state index is 0.135. The molecule has 0 aromatic carbocycles. The zero-order valence-electron chi connectivity index (χ0n) is 11.8. The maximum Gasteiger partial charge on any atom is 0.228 e. The predicted octanol–water partition coefficient (Wildman–Crippen LogP) is 1.40. The molecule has 2 saturated heterocycles. The van der Waals surface area contributed by atoms with Gasteiger partial charge in [-0.25, -0.2) is 0 Å². The third-order valence-electron chi connectivity index (χ3n) is 4.69. The summed E-state index contributed by atoms with van der Waals surface area (Å²) in [5, 5.41) is 3.40. The van der Waals surface area contributed by atoms with Gasteiger partial charge in [0.15, 0.2) is 0 Å². The van der Waals surface area contributed by atoms with Crippen molar-refractivity contribution < 1.29 is 9.53 Å². The molecule has 108 valence electrons. The van der Waals surface area contributed by atoms with Gasteiger partial charge in [0.05, 0.1) is 12.5 Å². The Morgan fingerprint density at radius 2 is 1.95 bits per heavy atom. The summed E-state index contributed by atoms with van der Waals surface area (Å²) in [6.45, 7) is 4.70. The normalized spacial score (nSPS) is 29.2.